The van der Waals surface area contributed by atoms with Crippen LogP contribution in [-0.2, 0) is 18.3 Å². The van der Waals surface area contributed by atoms with E-state index in [-0.39, 0.29) is 0 Å². The summed E-state index contributed by atoms with van der Waals surface area (Å²) in [6, 6.07) is 56.3. The lowest BCUT2D eigenvalue weighted by molar-refractivity contribution is 0.440. The van der Waals surface area contributed by atoms with E-state index in [0.717, 1.165) is 29.9 Å². The van der Waals surface area contributed by atoms with Crippen LogP contribution >= 0.6 is 11.3 Å². The molecule has 9 aromatic rings. The Balaban J connectivity index is 1.26. The lowest BCUT2D eigenvalue weighted by Gasteiger charge is -2.39. The van der Waals surface area contributed by atoms with Gasteiger partial charge in [0.15, 0.2) is 5.75 Å². The highest BCUT2D eigenvalue weighted by Crippen LogP contribution is 2.63. The minimum Gasteiger partial charge on any atom is -0.454 e. The molecule has 234 valence electrons. The van der Waals surface area contributed by atoms with Gasteiger partial charge in [0.1, 0.15) is 5.75 Å². The molecule has 3 aliphatic rings. The van der Waals surface area contributed by atoms with Gasteiger partial charge in [0, 0.05) is 53.6 Å². The van der Waals surface area contributed by atoms with E-state index in [0.29, 0.717) is 0 Å². The molecule has 3 heteroatoms. The van der Waals surface area contributed by atoms with Crippen LogP contribution in [0.5, 0.6) is 11.5 Å². The van der Waals surface area contributed by atoms with Crippen molar-refractivity contribution in [3.8, 4) is 39.4 Å². The van der Waals surface area contributed by atoms with Gasteiger partial charge in [-0.1, -0.05) is 121 Å². The van der Waals surface area contributed by atoms with Gasteiger partial charge in [-0.25, -0.2) is 0 Å². The molecule has 0 saturated heterocycles. The van der Waals surface area contributed by atoms with E-state index in [4.69, 9.17) is 4.74 Å². The summed E-state index contributed by atoms with van der Waals surface area (Å²) in [5, 5.41) is 3.87. The van der Waals surface area contributed by atoms with Crippen molar-refractivity contribution in [2.75, 3.05) is 0 Å². The van der Waals surface area contributed by atoms with Gasteiger partial charge in [0.2, 0.25) is 0 Å². The molecule has 0 N–H and O–H groups in total. The van der Waals surface area contributed by atoms with Crippen LogP contribution in [0.1, 0.15) is 33.5 Å². The Hall–Kier alpha value is -5.90. The molecule has 0 amide bonds. The summed E-state index contributed by atoms with van der Waals surface area (Å²) in [5.74, 6) is 1.87. The highest BCUT2D eigenvalue weighted by Gasteiger charge is 2.51. The standard InChI is InChI=1S/C47H29NOS/c1-2-12-30-28(11-1)21-25-40-44(30)34-23-24-39-46(45(34)48(40)29-22-26-43-35(27-29)33-15-5-10-20-42(33)50-43)49-41-19-9-8-18-38(41)47(39)36-16-6-3-13-31(36)32-14-4-7-17-37(32)47/h1-20,22-24,26-27H,21,25H2. The van der Waals surface area contributed by atoms with Crippen LogP contribution in [0.4, 0.5) is 0 Å². The summed E-state index contributed by atoms with van der Waals surface area (Å²) in [6.07, 6.45) is 1.98. The van der Waals surface area contributed by atoms with Crippen LogP contribution in [0.25, 0.3) is 59.0 Å². The van der Waals surface area contributed by atoms with Gasteiger partial charge in [-0.2, -0.15) is 0 Å². The van der Waals surface area contributed by atoms with Gasteiger partial charge in [0.05, 0.1) is 10.9 Å². The largest absolute Gasteiger partial charge is 0.454 e. The van der Waals surface area contributed by atoms with Crippen LogP contribution < -0.4 is 4.74 Å². The number of rotatable bonds is 1. The van der Waals surface area contributed by atoms with E-state index in [2.05, 4.69) is 156 Å². The third kappa shape index (κ3) is 3.24. The predicted octanol–water partition coefficient (Wildman–Crippen LogP) is 12.2. The molecule has 2 aromatic heterocycles. The van der Waals surface area contributed by atoms with Gasteiger partial charge in [-0.15, -0.1) is 11.3 Å². The van der Waals surface area contributed by atoms with E-state index in [9.17, 15) is 0 Å². The number of aromatic nitrogens is 1. The zero-order valence-electron chi connectivity index (χ0n) is 27.1. The molecule has 1 spiro atoms. The molecule has 0 bridgehead atoms. The first-order valence-electron chi connectivity index (χ1n) is 17.5. The Bertz CT molecular complexity index is 2880. The molecule has 0 saturated carbocycles. The van der Waals surface area contributed by atoms with Crippen LogP contribution in [0.15, 0.2) is 152 Å². The van der Waals surface area contributed by atoms with E-state index in [1.54, 1.807) is 0 Å². The number of benzene rings is 7. The molecule has 0 atom stereocenters. The van der Waals surface area contributed by atoms with Crippen molar-refractivity contribution in [3.63, 3.8) is 0 Å². The Morgan fingerprint density at radius 3 is 2.04 bits per heavy atom. The minimum atomic E-state index is -0.507. The maximum Gasteiger partial charge on any atom is 0.156 e. The smallest absolute Gasteiger partial charge is 0.156 e. The number of para-hydroxylation sites is 1. The molecule has 7 aromatic carbocycles. The fourth-order valence-corrected chi connectivity index (χ4v) is 10.7. The molecule has 2 aliphatic carbocycles. The maximum atomic E-state index is 7.26. The second kappa shape index (κ2) is 9.62. The zero-order chi connectivity index (χ0) is 32.6. The van der Waals surface area contributed by atoms with Crippen LogP contribution in [0.2, 0.25) is 0 Å². The lowest BCUT2D eigenvalue weighted by atomic mass is 9.66. The number of ether oxygens (including phenoxy) is 1. The molecule has 0 radical (unpaired) electrons. The molecule has 50 heavy (non-hydrogen) atoms. The lowest BCUT2D eigenvalue weighted by Crippen LogP contribution is -2.32. The number of thiophene rings is 1. The Morgan fingerprint density at radius 2 is 1.20 bits per heavy atom. The van der Waals surface area contributed by atoms with Crippen molar-refractivity contribution in [1.82, 2.24) is 4.57 Å². The summed E-state index contributed by atoms with van der Waals surface area (Å²) < 4.78 is 12.5. The number of hydrogen-bond acceptors (Lipinski definition) is 2. The van der Waals surface area contributed by atoms with Gasteiger partial charge in [0.25, 0.3) is 0 Å². The second-order valence-electron chi connectivity index (χ2n) is 13.9. The minimum absolute atomic E-state index is 0.507. The monoisotopic (exact) mass is 655 g/mol. The first-order valence-corrected chi connectivity index (χ1v) is 18.3. The second-order valence-corrected chi connectivity index (χ2v) is 15.0. The van der Waals surface area contributed by atoms with E-state index in [1.807, 2.05) is 11.3 Å². The summed E-state index contributed by atoms with van der Waals surface area (Å²) in [4.78, 5) is 0. The molecule has 12 rings (SSSR count). The SMILES string of the molecule is c1ccc2c(c1)CCc1c-2c2ccc3c(c2n1-c1ccc2sc4ccccc4c2c1)Oc1ccccc1C31c2ccccc2-c2ccccc21. The van der Waals surface area contributed by atoms with Crippen molar-refractivity contribution >= 4 is 42.4 Å². The molecule has 2 nitrogen and oxygen atoms in total. The summed E-state index contributed by atoms with van der Waals surface area (Å²) in [6.45, 7) is 0. The molecule has 1 aliphatic heterocycles. The number of fused-ring (bicyclic) bond motifs is 18. The summed E-state index contributed by atoms with van der Waals surface area (Å²) in [7, 11) is 0. The highest BCUT2D eigenvalue weighted by molar-refractivity contribution is 7.25. The van der Waals surface area contributed by atoms with E-state index >= 15 is 0 Å². The predicted molar refractivity (Wildman–Crippen MR) is 206 cm³/mol. The quantitative estimate of drug-likeness (QED) is 0.172. The Labute approximate surface area is 293 Å². The molecular weight excluding hydrogens is 627 g/mol. The maximum absolute atomic E-state index is 7.26. The average Bonchev–Trinajstić information content (AvgIpc) is 3.82. The van der Waals surface area contributed by atoms with Gasteiger partial charge in [-0.05, 0) is 76.6 Å². The third-order valence-electron chi connectivity index (χ3n) is 11.6. The molecule has 0 fully saturated rings. The van der Waals surface area contributed by atoms with Gasteiger partial charge >= 0.3 is 0 Å². The van der Waals surface area contributed by atoms with Gasteiger partial charge < -0.3 is 9.30 Å². The first-order chi connectivity index (χ1) is 24.8. The topological polar surface area (TPSA) is 14.2 Å². The molecular formula is C47H29NOS. The van der Waals surface area contributed by atoms with Crippen LogP contribution in [0.3, 0.4) is 0 Å². The van der Waals surface area contributed by atoms with Crippen molar-refractivity contribution in [2.24, 2.45) is 0 Å². The van der Waals surface area contributed by atoms with Gasteiger partial charge in [-0.3, -0.25) is 0 Å². The number of aryl methyl sites for hydroxylation is 1. The molecule has 3 heterocycles. The first kappa shape index (κ1) is 27.0. The fourth-order valence-electron chi connectivity index (χ4n) is 9.64. The number of nitrogens with zero attached hydrogens (tertiary/aromatic N) is 1. The normalized spacial score (nSPS) is 14.6. The summed E-state index contributed by atoms with van der Waals surface area (Å²) in [5.41, 5.74) is 14.9. The average molecular weight is 656 g/mol. The zero-order valence-corrected chi connectivity index (χ0v) is 27.9. The Kier molecular flexibility index (Phi) is 5.19. The Morgan fingerprint density at radius 1 is 0.520 bits per heavy atom. The van der Waals surface area contributed by atoms with Crippen molar-refractivity contribution in [2.45, 2.75) is 18.3 Å². The highest BCUT2D eigenvalue weighted by atomic mass is 32.1. The van der Waals surface area contributed by atoms with Crippen LogP contribution in [-0.4, -0.2) is 4.57 Å². The fraction of sp³-hybridized carbons (Fsp3) is 0.0638. The number of hydrogen-bond donors (Lipinski definition) is 0. The summed E-state index contributed by atoms with van der Waals surface area (Å²) >= 11 is 1.87. The van der Waals surface area contributed by atoms with Crippen molar-refractivity contribution < 1.29 is 4.74 Å². The van der Waals surface area contributed by atoms with E-state index in [1.165, 1.54) is 87.0 Å². The van der Waals surface area contributed by atoms with Crippen LogP contribution in [0, 0.1) is 0 Å². The molecule has 0 unspecified atom stereocenters. The van der Waals surface area contributed by atoms with Crippen molar-refractivity contribution in [3.05, 3.63) is 185 Å². The van der Waals surface area contributed by atoms with Crippen molar-refractivity contribution in [1.29, 1.82) is 0 Å². The third-order valence-corrected chi connectivity index (χ3v) is 12.7. The van der Waals surface area contributed by atoms with E-state index < -0.39 is 5.41 Å².